The maximum absolute atomic E-state index is 11.7. The van der Waals surface area contributed by atoms with Crippen LogP contribution in [-0.2, 0) is 4.74 Å². The van der Waals surface area contributed by atoms with Crippen molar-refractivity contribution < 1.29 is 14.3 Å². The fourth-order valence-electron chi connectivity index (χ4n) is 2.55. The molecule has 21 heavy (non-hydrogen) atoms. The molecule has 1 fully saturated rings. The fraction of sp³-hybridized carbons (Fsp3) is 0.353. The van der Waals surface area contributed by atoms with Crippen LogP contribution in [-0.4, -0.2) is 36.3 Å². The van der Waals surface area contributed by atoms with Crippen molar-refractivity contribution >= 4 is 16.9 Å². The molecule has 0 saturated carbocycles. The summed E-state index contributed by atoms with van der Waals surface area (Å²) in [4.78, 5) is 13.4. The SMILES string of the molecule is CC(C)N1C[C@@H](COc2cccc3ccccc23)OC1=O. The van der Waals surface area contributed by atoms with Gasteiger partial charge in [0, 0.05) is 11.4 Å². The van der Waals surface area contributed by atoms with E-state index < -0.39 is 0 Å². The molecule has 0 aromatic heterocycles. The van der Waals surface area contributed by atoms with Crippen molar-refractivity contribution in [3.63, 3.8) is 0 Å². The van der Waals surface area contributed by atoms with Crippen molar-refractivity contribution in [1.29, 1.82) is 0 Å². The van der Waals surface area contributed by atoms with Crippen LogP contribution in [0.2, 0.25) is 0 Å². The molecule has 110 valence electrons. The topological polar surface area (TPSA) is 38.8 Å². The first kappa shape index (κ1) is 13.7. The third-order valence-corrected chi connectivity index (χ3v) is 3.70. The van der Waals surface area contributed by atoms with E-state index in [9.17, 15) is 4.79 Å². The molecular formula is C17H19NO3. The first-order chi connectivity index (χ1) is 10.1. The summed E-state index contributed by atoms with van der Waals surface area (Å²) in [5.74, 6) is 0.826. The molecule has 2 aromatic rings. The Hall–Kier alpha value is -2.23. The fourth-order valence-corrected chi connectivity index (χ4v) is 2.55. The van der Waals surface area contributed by atoms with Gasteiger partial charge in [-0.05, 0) is 25.3 Å². The summed E-state index contributed by atoms with van der Waals surface area (Å²) >= 11 is 0. The molecular weight excluding hydrogens is 266 g/mol. The lowest BCUT2D eigenvalue weighted by molar-refractivity contribution is 0.102. The van der Waals surface area contributed by atoms with E-state index in [0.717, 1.165) is 16.5 Å². The van der Waals surface area contributed by atoms with E-state index >= 15 is 0 Å². The largest absolute Gasteiger partial charge is 0.489 e. The van der Waals surface area contributed by atoms with Gasteiger partial charge >= 0.3 is 6.09 Å². The Balaban J connectivity index is 1.69. The molecule has 1 heterocycles. The summed E-state index contributed by atoms with van der Waals surface area (Å²) in [5.41, 5.74) is 0. The van der Waals surface area contributed by atoms with Gasteiger partial charge in [-0.1, -0.05) is 36.4 Å². The van der Waals surface area contributed by atoms with Crippen LogP contribution in [0.15, 0.2) is 42.5 Å². The summed E-state index contributed by atoms with van der Waals surface area (Å²) in [7, 11) is 0. The highest BCUT2D eigenvalue weighted by molar-refractivity contribution is 5.88. The van der Waals surface area contributed by atoms with Crippen LogP contribution in [0.25, 0.3) is 10.8 Å². The number of carbonyl (C=O) groups excluding carboxylic acids is 1. The standard InChI is InChI=1S/C17H19NO3/c1-12(2)18-10-14(21-17(18)19)11-20-16-9-5-7-13-6-3-4-8-15(13)16/h3-9,12,14H,10-11H2,1-2H3/t14-/m0/s1. The minimum atomic E-state index is -0.253. The smallest absolute Gasteiger partial charge is 0.410 e. The number of cyclic esters (lactones) is 1. The van der Waals surface area contributed by atoms with Gasteiger partial charge in [-0.2, -0.15) is 0 Å². The van der Waals surface area contributed by atoms with E-state index in [-0.39, 0.29) is 18.2 Å². The van der Waals surface area contributed by atoms with E-state index in [1.165, 1.54) is 0 Å². The number of nitrogens with zero attached hydrogens (tertiary/aromatic N) is 1. The third-order valence-electron chi connectivity index (χ3n) is 3.70. The maximum Gasteiger partial charge on any atom is 0.410 e. The van der Waals surface area contributed by atoms with E-state index in [1.807, 2.05) is 44.2 Å². The minimum absolute atomic E-state index is 0.153. The van der Waals surface area contributed by atoms with E-state index in [4.69, 9.17) is 9.47 Å². The van der Waals surface area contributed by atoms with Gasteiger partial charge in [0.05, 0.1) is 6.54 Å². The van der Waals surface area contributed by atoms with Gasteiger partial charge in [-0.25, -0.2) is 4.79 Å². The lowest BCUT2D eigenvalue weighted by Crippen LogP contribution is -2.32. The highest BCUT2D eigenvalue weighted by atomic mass is 16.6. The van der Waals surface area contributed by atoms with Crippen LogP contribution in [0.3, 0.4) is 0 Å². The second-order valence-electron chi connectivity index (χ2n) is 5.54. The van der Waals surface area contributed by atoms with Crippen molar-refractivity contribution in [3.8, 4) is 5.75 Å². The van der Waals surface area contributed by atoms with Crippen molar-refractivity contribution in [2.75, 3.05) is 13.2 Å². The molecule has 0 spiro atoms. The molecule has 0 unspecified atom stereocenters. The van der Waals surface area contributed by atoms with Gasteiger partial charge in [-0.3, -0.25) is 0 Å². The summed E-state index contributed by atoms with van der Waals surface area (Å²) < 4.78 is 11.2. The predicted molar refractivity (Wildman–Crippen MR) is 81.6 cm³/mol. The quantitative estimate of drug-likeness (QED) is 0.863. The molecule has 1 saturated heterocycles. The Labute approximate surface area is 124 Å². The number of fused-ring (bicyclic) bond motifs is 1. The van der Waals surface area contributed by atoms with Crippen LogP contribution in [0, 0.1) is 0 Å². The van der Waals surface area contributed by atoms with Crippen LogP contribution in [0.4, 0.5) is 4.79 Å². The number of carbonyl (C=O) groups is 1. The summed E-state index contributed by atoms with van der Waals surface area (Å²) in [6.45, 7) is 4.93. The summed E-state index contributed by atoms with van der Waals surface area (Å²) in [6.07, 6.45) is -0.463. The van der Waals surface area contributed by atoms with Crippen LogP contribution < -0.4 is 4.74 Å². The molecule has 0 aliphatic carbocycles. The third kappa shape index (κ3) is 2.79. The number of hydrogen-bond donors (Lipinski definition) is 0. The predicted octanol–water partition coefficient (Wildman–Crippen LogP) is 3.45. The minimum Gasteiger partial charge on any atom is -0.489 e. The lowest BCUT2D eigenvalue weighted by Gasteiger charge is -2.17. The van der Waals surface area contributed by atoms with E-state index in [2.05, 4.69) is 12.1 Å². The molecule has 0 bridgehead atoms. The van der Waals surface area contributed by atoms with Gasteiger partial charge in [0.15, 0.2) is 6.10 Å². The van der Waals surface area contributed by atoms with Crippen molar-refractivity contribution in [1.82, 2.24) is 4.90 Å². The molecule has 4 heteroatoms. The Morgan fingerprint density at radius 1 is 1.24 bits per heavy atom. The number of rotatable bonds is 4. The van der Waals surface area contributed by atoms with Crippen LogP contribution >= 0.6 is 0 Å². The Bertz CT molecular complexity index is 648. The first-order valence-electron chi connectivity index (χ1n) is 7.23. The molecule has 0 N–H and O–H groups in total. The van der Waals surface area contributed by atoms with Crippen molar-refractivity contribution in [3.05, 3.63) is 42.5 Å². The van der Waals surface area contributed by atoms with Gasteiger partial charge in [0.1, 0.15) is 12.4 Å². The molecule has 1 amide bonds. The Kier molecular flexibility index (Phi) is 3.69. The zero-order chi connectivity index (χ0) is 14.8. The lowest BCUT2D eigenvalue weighted by atomic mass is 10.1. The number of hydrogen-bond acceptors (Lipinski definition) is 3. The summed E-state index contributed by atoms with van der Waals surface area (Å²) in [5, 5.41) is 2.22. The molecule has 3 rings (SSSR count). The molecule has 1 aliphatic heterocycles. The molecule has 1 atom stereocenters. The zero-order valence-corrected chi connectivity index (χ0v) is 12.3. The maximum atomic E-state index is 11.7. The number of amides is 1. The summed E-state index contributed by atoms with van der Waals surface area (Å²) in [6, 6.07) is 14.2. The van der Waals surface area contributed by atoms with Crippen molar-refractivity contribution in [2.24, 2.45) is 0 Å². The molecule has 4 nitrogen and oxygen atoms in total. The second-order valence-corrected chi connectivity index (χ2v) is 5.54. The van der Waals surface area contributed by atoms with Crippen LogP contribution in [0.5, 0.6) is 5.75 Å². The van der Waals surface area contributed by atoms with Gasteiger partial charge in [0.25, 0.3) is 0 Å². The normalized spacial score (nSPS) is 18.3. The average molecular weight is 285 g/mol. The van der Waals surface area contributed by atoms with Crippen molar-refractivity contribution in [2.45, 2.75) is 26.0 Å². The Morgan fingerprint density at radius 3 is 2.76 bits per heavy atom. The van der Waals surface area contributed by atoms with Gasteiger partial charge in [0.2, 0.25) is 0 Å². The first-order valence-corrected chi connectivity index (χ1v) is 7.23. The van der Waals surface area contributed by atoms with E-state index in [1.54, 1.807) is 4.90 Å². The van der Waals surface area contributed by atoms with E-state index in [0.29, 0.717) is 13.2 Å². The molecule has 1 aliphatic rings. The number of ether oxygens (including phenoxy) is 2. The number of benzene rings is 2. The molecule has 0 radical (unpaired) electrons. The second kappa shape index (κ2) is 5.64. The highest BCUT2D eigenvalue weighted by Gasteiger charge is 2.33. The van der Waals surface area contributed by atoms with Crippen LogP contribution in [0.1, 0.15) is 13.8 Å². The average Bonchev–Trinajstić information content (AvgIpc) is 2.86. The monoisotopic (exact) mass is 285 g/mol. The zero-order valence-electron chi connectivity index (χ0n) is 12.3. The molecule has 2 aromatic carbocycles. The van der Waals surface area contributed by atoms with Gasteiger partial charge in [-0.15, -0.1) is 0 Å². The Morgan fingerprint density at radius 2 is 2.00 bits per heavy atom. The highest BCUT2D eigenvalue weighted by Crippen LogP contribution is 2.26. The van der Waals surface area contributed by atoms with Gasteiger partial charge < -0.3 is 14.4 Å².